The first kappa shape index (κ1) is 24.2. The highest BCUT2D eigenvalue weighted by Gasteiger charge is 2.54. The smallest absolute Gasteiger partial charge is 0.355 e. The first-order chi connectivity index (χ1) is 14.6. The quantitative estimate of drug-likeness (QED) is 0.330. The predicted octanol–water partition coefficient (Wildman–Crippen LogP) is 2.42. The van der Waals surface area contributed by atoms with Gasteiger partial charge in [-0.05, 0) is 11.4 Å². The molecule has 0 bridgehead atoms. The summed E-state index contributed by atoms with van der Waals surface area (Å²) in [6, 6.07) is 2.88. The largest absolute Gasteiger partial charge is 0.461 e. The van der Waals surface area contributed by atoms with E-state index < -0.39 is 39.7 Å². The summed E-state index contributed by atoms with van der Waals surface area (Å²) in [5.74, 6) is -1.90. The van der Waals surface area contributed by atoms with Crippen LogP contribution in [0.5, 0.6) is 0 Å². The number of nitrogens with one attached hydrogen (secondary N) is 1. The van der Waals surface area contributed by atoms with Crippen molar-refractivity contribution in [2.45, 2.75) is 28.6 Å². The monoisotopic (exact) mass is 526 g/mol. The van der Waals surface area contributed by atoms with E-state index in [2.05, 4.69) is 5.32 Å². The van der Waals surface area contributed by atoms with Gasteiger partial charge < -0.3 is 14.8 Å². The summed E-state index contributed by atoms with van der Waals surface area (Å²) in [5.41, 5.74) is 0.329. The third-order valence-corrected chi connectivity index (χ3v) is 6.83. The number of esters is 2. The van der Waals surface area contributed by atoms with E-state index in [1.807, 2.05) is 17.5 Å². The summed E-state index contributed by atoms with van der Waals surface area (Å²) in [5, 5.41) is 4.07. The van der Waals surface area contributed by atoms with Gasteiger partial charge in [0.2, 0.25) is 9.70 Å². The molecule has 1 N–H and O–H groups in total. The molecule has 8 nitrogen and oxygen atoms in total. The van der Waals surface area contributed by atoms with Crippen LogP contribution in [0, 0.1) is 0 Å². The number of thiophene rings is 1. The molecule has 1 aromatic rings. The number of alkyl halides is 3. The second-order valence-corrected chi connectivity index (χ2v) is 11.3. The van der Waals surface area contributed by atoms with Gasteiger partial charge in [0.15, 0.2) is 0 Å². The molecule has 31 heavy (non-hydrogen) atoms. The number of fused-ring (bicyclic) bond motifs is 1. The summed E-state index contributed by atoms with van der Waals surface area (Å²) >= 11 is 19.7. The van der Waals surface area contributed by atoms with Crippen LogP contribution in [0.15, 0.2) is 28.8 Å². The van der Waals surface area contributed by atoms with E-state index in [1.165, 1.54) is 34.9 Å². The first-order valence-electron chi connectivity index (χ1n) is 8.92. The highest BCUT2D eigenvalue weighted by Crippen LogP contribution is 2.41. The molecule has 1 aromatic heterocycles. The Balaban J connectivity index is 1.74. The average molecular weight is 528 g/mol. The van der Waals surface area contributed by atoms with Gasteiger partial charge >= 0.3 is 11.9 Å². The SMILES string of the molecule is CC(=O)OCC1=C(C(=O)OCC(Cl)(Cl)Cl)N2C(=O)[C@@H](NC(=O)Cc3cccs3)[C@@H]2SC1. The Kier molecular flexibility index (Phi) is 7.80. The molecule has 0 unspecified atom stereocenters. The number of halogens is 3. The van der Waals surface area contributed by atoms with Crippen molar-refractivity contribution >= 4 is 81.7 Å². The van der Waals surface area contributed by atoms with Crippen molar-refractivity contribution in [3.05, 3.63) is 33.7 Å². The molecule has 0 aromatic carbocycles. The van der Waals surface area contributed by atoms with E-state index in [0.29, 0.717) is 5.57 Å². The fraction of sp³-hybridized carbons (Fsp3) is 0.444. The van der Waals surface area contributed by atoms with E-state index in [-0.39, 0.29) is 30.4 Å². The summed E-state index contributed by atoms with van der Waals surface area (Å²) in [6.07, 6.45) is 0.157. The number of rotatable bonds is 7. The summed E-state index contributed by atoms with van der Waals surface area (Å²) in [6.45, 7) is 0.516. The highest BCUT2D eigenvalue weighted by molar-refractivity contribution is 8.00. The molecule has 3 heterocycles. The standard InChI is InChI=1S/C18H17Cl3N2O6S2/c1-9(24)28-6-10-7-31-16-13(22-12(25)5-11-3-2-4-30-11)15(26)23(16)14(10)17(27)29-8-18(19,20)21/h2-4,13,16H,5-8H2,1H3,(H,22,25)/t13-,16+/m1/s1. The maximum absolute atomic E-state index is 12.8. The lowest BCUT2D eigenvalue weighted by Gasteiger charge is -2.49. The number of carbonyl (C=O) groups excluding carboxylic acids is 4. The summed E-state index contributed by atoms with van der Waals surface area (Å²) in [7, 11) is 0. The van der Waals surface area contributed by atoms with E-state index in [1.54, 1.807) is 0 Å². The minimum atomic E-state index is -1.83. The molecular weight excluding hydrogens is 511 g/mol. The lowest BCUT2D eigenvalue weighted by atomic mass is 10.0. The van der Waals surface area contributed by atoms with Gasteiger partial charge in [-0.25, -0.2) is 4.79 Å². The normalized spacial score (nSPS) is 20.6. The molecule has 168 valence electrons. The summed E-state index contributed by atoms with van der Waals surface area (Å²) in [4.78, 5) is 51.1. The van der Waals surface area contributed by atoms with Crippen LogP contribution in [-0.2, 0) is 35.1 Å². The highest BCUT2D eigenvalue weighted by atomic mass is 35.6. The molecular formula is C18H17Cl3N2O6S2. The number of ether oxygens (including phenoxy) is 2. The minimum absolute atomic E-state index is 0.0620. The van der Waals surface area contributed by atoms with E-state index in [0.717, 1.165) is 4.88 Å². The van der Waals surface area contributed by atoms with Crippen molar-refractivity contribution < 1.29 is 28.7 Å². The molecule has 2 aliphatic heterocycles. The number of carbonyl (C=O) groups is 4. The number of hydrogen-bond donors (Lipinski definition) is 1. The Morgan fingerprint density at radius 2 is 2.03 bits per heavy atom. The topological polar surface area (TPSA) is 102 Å². The zero-order chi connectivity index (χ0) is 22.8. The van der Waals surface area contributed by atoms with E-state index >= 15 is 0 Å². The van der Waals surface area contributed by atoms with Gasteiger partial charge in [-0.1, -0.05) is 40.9 Å². The van der Waals surface area contributed by atoms with Crippen molar-refractivity contribution in [2.24, 2.45) is 0 Å². The van der Waals surface area contributed by atoms with Crippen LogP contribution in [-0.4, -0.2) is 62.8 Å². The number of β-lactam (4-membered cyclic amide) rings is 1. The molecule has 0 saturated carbocycles. The fourth-order valence-corrected chi connectivity index (χ4v) is 5.18. The lowest BCUT2D eigenvalue weighted by Crippen LogP contribution is -2.70. The molecule has 0 spiro atoms. The Bertz CT molecular complexity index is 916. The van der Waals surface area contributed by atoms with Gasteiger partial charge in [0, 0.05) is 23.1 Å². The maximum atomic E-state index is 12.8. The second-order valence-electron chi connectivity index (χ2n) is 6.63. The van der Waals surface area contributed by atoms with Crippen molar-refractivity contribution in [1.29, 1.82) is 0 Å². The number of amides is 2. The van der Waals surface area contributed by atoms with Gasteiger partial charge in [0.1, 0.15) is 30.3 Å². The van der Waals surface area contributed by atoms with Crippen LogP contribution in [0.1, 0.15) is 11.8 Å². The third-order valence-electron chi connectivity index (χ3n) is 4.29. The lowest BCUT2D eigenvalue weighted by molar-refractivity contribution is -0.153. The fourth-order valence-electron chi connectivity index (χ4n) is 2.98. The number of hydrogen-bond acceptors (Lipinski definition) is 8. The third kappa shape index (κ3) is 6.07. The molecule has 0 radical (unpaired) electrons. The Labute approximate surface area is 201 Å². The van der Waals surface area contributed by atoms with Gasteiger partial charge in [-0.2, -0.15) is 0 Å². The molecule has 13 heteroatoms. The zero-order valence-corrected chi connectivity index (χ0v) is 20.0. The van der Waals surface area contributed by atoms with Crippen LogP contribution in [0.2, 0.25) is 0 Å². The Hall–Kier alpha value is -1.46. The van der Waals surface area contributed by atoms with Gasteiger partial charge in [-0.15, -0.1) is 23.1 Å². The van der Waals surface area contributed by atoms with E-state index in [4.69, 9.17) is 44.3 Å². The Morgan fingerprint density at radius 1 is 1.29 bits per heavy atom. The maximum Gasteiger partial charge on any atom is 0.355 e. The minimum Gasteiger partial charge on any atom is -0.461 e. The van der Waals surface area contributed by atoms with E-state index in [9.17, 15) is 19.2 Å². The second kappa shape index (κ2) is 9.99. The van der Waals surface area contributed by atoms with Crippen LogP contribution < -0.4 is 5.32 Å². The number of thioether (sulfide) groups is 1. The molecule has 2 aliphatic rings. The van der Waals surface area contributed by atoms with Gasteiger partial charge in [0.05, 0.1) is 6.42 Å². The number of nitrogens with zero attached hydrogens (tertiary/aromatic N) is 1. The molecule has 1 fully saturated rings. The van der Waals surface area contributed by atoms with Crippen molar-refractivity contribution in [3.8, 4) is 0 Å². The molecule has 2 amide bonds. The van der Waals surface area contributed by atoms with Gasteiger partial charge in [0.25, 0.3) is 5.91 Å². The van der Waals surface area contributed by atoms with Crippen molar-refractivity contribution in [1.82, 2.24) is 10.2 Å². The van der Waals surface area contributed by atoms with Crippen molar-refractivity contribution in [3.63, 3.8) is 0 Å². The van der Waals surface area contributed by atoms with Crippen LogP contribution >= 0.6 is 57.9 Å². The summed E-state index contributed by atoms with van der Waals surface area (Å²) < 4.78 is 8.22. The molecule has 2 atom stereocenters. The molecule has 3 rings (SSSR count). The van der Waals surface area contributed by atoms with Crippen LogP contribution in [0.3, 0.4) is 0 Å². The van der Waals surface area contributed by atoms with Crippen LogP contribution in [0.4, 0.5) is 0 Å². The first-order valence-corrected chi connectivity index (χ1v) is 12.0. The molecule has 0 aliphatic carbocycles. The zero-order valence-electron chi connectivity index (χ0n) is 16.1. The predicted molar refractivity (Wildman–Crippen MR) is 118 cm³/mol. The average Bonchev–Trinajstić information content (AvgIpc) is 3.20. The van der Waals surface area contributed by atoms with Gasteiger partial charge in [-0.3, -0.25) is 19.3 Å². The molecule has 1 saturated heterocycles. The van der Waals surface area contributed by atoms with Crippen molar-refractivity contribution in [2.75, 3.05) is 19.0 Å². The Morgan fingerprint density at radius 3 is 2.65 bits per heavy atom. The van der Waals surface area contributed by atoms with Crippen LogP contribution in [0.25, 0.3) is 0 Å².